The quantitative estimate of drug-likeness (QED) is 0.816. The molecule has 1 aromatic carbocycles. The molecule has 6 nitrogen and oxygen atoms in total. The van der Waals surface area contributed by atoms with Crippen molar-refractivity contribution in [3.63, 3.8) is 0 Å². The summed E-state index contributed by atoms with van der Waals surface area (Å²) in [5.74, 6) is 0. The number of nitrogens with two attached hydrogens (primary N) is 1. The molecule has 1 heterocycles. The van der Waals surface area contributed by atoms with E-state index < -0.39 is 10.0 Å². The van der Waals surface area contributed by atoms with Crippen molar-refractivity contribution in [2.24, 2.45) is 5.73 Å². The van der Waals surface area contributed by atoms with Crippen molar-refractivity contribution >= 4 is 22.4 Å². The van der Waals surface area contributed by atoms with Crippen LogP contribution in [0.15, 0.2) is 47.6 Å². The summed E-state index contributed by atoms with van der Waals surface area (Å²) in [5, 5.41) is 4.05. The number of benzene rings is 1. The third-order valence-electron chi connectivity index (χ3n) is 2.54. The number of sulfonamides is 1. The Morgan fingerprint density at radius 3 is 2.60 bits per heavy atom. The Morgan fingerprint density at radius 2 is 1.95 bits per heavy atom. The molecule has 0 fully saturated rings. The van der Waals surface area contributed by atoms with Gasteiger partial charge in [-0.1, -0.05) is 30.3 Å². The maximum absolute atomic E-state index is 11.8. The minimum Gasteiger partial charge on any atom is -0.329 e. The van der Waals surface area contributed by atoms with Crippen LogP contribution in [0.3, 0.4) is 0 Å². The van der Waals surface area contributed by atoms with Crippen molar-refractivity contribution in [1.82, 2.24) is 14.5 Å². The smallest absolute Gasteiger partial charge is 0.243 e. The van der Waals surface area contributed by atoms with Crippen LogP contribution >= 0.6 is 12.4 Å². The Bertz CT molecular complexity index is 628. The molecule has 0 aliphatic carbocycles. The van der Waals surface area contributed by atoms with Crippen molar-refractivity contribution in [2.45, 2.75) is 11.4 Å². The van der Waals surface area contributed by atoms with Gasteiger partial charge in [0, 0.05) is 19.3 Å². The van der Waals surface area contributed by atoms with Crippen LogP contribution in [0.4, 0.5) is 0 Å². The molecular formula is C12H17ClN4O2S. The highest BCUT2D eigenvalue weighted by Gasteiger charge is 2.15. The zero-order valence-corrected chi connectivity index (χ0v) is 12.4. The maximum Gasteiger partial charge on any atom is 0.243 e. The molecule has 0 amide bonds. The van der Waals surface area contributed by atoms with Crippen LogP contribution in [-0.2, 0) is 16.6 Å². The lowest BCUT2D eigenvalue weighted by Gasteiger charge is -2.02. The van der Waals surface area contributed by atoms with Gasteiger partial charge in [0.05, 0.1) is 12.7 Å². The largest absolute Gasteiger partial charge is 0.329 e. The van der Waals surface area contributed by atoms with E-state index in [1.807, 2.05) is 30.3 Å². The number of halogens is 1. The van der Waals surface area contributed by atoms with Crippen LogP contribution < -0.4 is 10.5 Å². The molecule has 0 radical (unpaired) electrons. The van der Waals surface area contributed by atoms with Crippen molar-refractivity contribution in [3.8, 4) is 0 Å². The van der Waals surface area contributed by atoms with Crippen molar-refractivity contribution in [2.75, 3.05) is 13.1 Å². The van der Waals surface area contributed by atoms with Crippen LogP contribution in [-0.4, -0.2) is 31.3 Å². The Labute approximate surface area is 124 Å². The molecule has 2 rings (SSSR count). The summed E-state index contributed by atoms with van der Waals surface area (Å²) in [6, 6.07) is 9.71. The molecule has 1 aromatic heterocycles. The summed E-state index contributed by atoms with van der Waals surface area (Å²) >= 11 is 0. The SMILES string of the molecule is Cl.NCCNS(=O)(=O)c1cnn(Cc2ccccc2)c1. The number of nitrogens with one attached hydrogen (secondary N) is 1. The highest BCUT2D eigenvalue weighted by atomic mass is 35.5. The second-order valence-electron chi connectivity index (χ2n) is 4.05. The molecule has 0 bridgehead atoms. The van der Waals surface area contributed by atoms with Gasteiger partial charge in [0.2, 0.25) is 10.0 Å². The Kier molecular flexibility index (Phi) is 6.15. The zero-order valence-electron chi connectivity index (χ0n) is 10.8. The summed E-state index contributed by atoms with van der Waals surface area (Å²) in [7, 11) is -3.51. The lowest BCUT2D eigenvalue weighted by molar-refractivity contribution is 0.582. The molecule has 0 aliphatic heterocycles. The number of hydrogen-bond acceptors (Lipinski definition) is 4. The molecule has 0 atom stereocenters. The van der Waals surface area contributed by atoms with Gasteiger partial charge in [-0.2, -0.15) is 5.10 Å². The van der Waals surface area contributed by atoms with E-state index in [1.54, 1.807) is 4.68 Å². The lowest BCUT2D eigenvalue weighted by atomic mass is 10.2. The van der Waals surface area contributed by atoms with Gasteiger partial charge in [0.1, 0.15) is 4.90 Å². The second-order valence-corrected chi connectivity index (χ2v) is 5.81. The lowest BCUT2D eigenvalue weighted by Crippen LogP contribution is -2.28. The minimum absolute atomic E-state index is 0. The maximum atomic E-state index is 11.8. The topological polar surface area (TPSA) is 90.0 Å². The summed E-state index contributed by atoms with van der Waals surface area (Å²) < 4.78 is 27.7. The summed E-state index contributed by atoms with van der Waals surface area (Å²) in [5.41, 5.74) is 6.33. The van der Waals surface area contributed by atoms with E-state index in [2.05, 4.69) is 9.82 Å². The van der Waals surface area contributed by atoms with Gasteiger partial charge in [-0.15, -0.1) is 12.4 Å². The standard InChI is InChI=1S/C12H16N4O2S.ClH/c13-6-7-15-19(17,18)12-8-14-16(10-12)9-11-4-2-1-3-5-11;/h1-5,8,10,15H,6-7,9,13H2;1H. The Balaban J connectivity index is 0.00000200. The third-order valence-corrected chi connectivity index (χ3v) is 3.96. The van der Waals surface area contributed by atoms with Crippen LogP contribution in [0.25, 0.3) is 0 Å². The normalized spacial score (nSPS) is 11.1. The van der Waals surface area contributed by atoms with E-state index in [0.29, 0.717) is 6.54 Å². The van der Waals surface area contributed by atoms with E-state index in [4.69, 9.17) is 5.73 Å². The van der Waals surface area contributed by atoms with Crippen LogP contribution in [0.2, 0.25) is 0 Å². The van der Waals surface area contributed by atoms with E-state index in [0.717, 1.165) is 5.56 Å². The summed E-state index contributed by atoms with van der Waals surface area (Å²) in [6.07, 6.45) is 2.84. The van der Waals surface area contributed by atoms with Gasteiger partial charge in [0.15, 0.2) is 0 Å². The average molecular weight is 317 g/mol. The molecule has 20 heavy (non-hydrogen) atoms. The first-order valence-electron chi connectivity index (χ1n) is 5.88. The van der Waals surface area contributed by atoms with E-state index >= 15 is 0 Å². The fourth-order valence-electron chi connectivity index (χ4n) is 1.62. The van der Waals surface area contributed by atoms with Crippen LogP contribution in [0, 0.1) is 0 Å². The highest BCUT2D eigenvalue weighted by Crippen LogP contribution is 2.08. The predicted octanol–water partition coefficient (Wildman–Crippen LogP) is 0.590. The first-order valence-corrected chi connectivity index (χ1v) is 7.36. The van der Waals surface area contributed by atoms with Crippen LogP contribution in [0.1, 0.15) is 5.56 Å². The second kappa shape index (κ2) is 7.39. The number of hydrogen-bond donors (Lipinski definition) is 2. The molecule has 3 N–H and O–H groups in total. The van der Waals surface area contributed by atoms with Gasteiger partial charge in [-0.3, -0.25) is 4.68 Å². The minimum atomic E-state index is -3.51. The van der Waals surface area contributed by atoms with E-state index in [-0.39, 0.29) is 30.4 Å². The molecule has 2 aromatic rings. The Morgan fingerprint density at radius 1 is 1.25 bits per heavy atom. The zero-order chi connectivity index (χ0) is 13.7. The molecule has 0 unspecified atom stereocenters. The van der Waals surface area contributed by atoms with Crippen molar-refractivity contribution in [1.29, 1.82) is 0 Å². The molecule has 0 spiro atoms. The Hall–Kier alpha value is -1.41. The average Bonchev–Trinajstić information content (AvgIpc) is 2.87. The van der Waals surface area contributed by atoms with Gasteiger partial charge in [-0.25, -0.2) is 13.1 Å². The van der Waals surface area contributed by atoms with Gasteiger partial charge in [0.25, 0.3) is 0 Å². The molecule has 8 heteroatoms. The highest BCUT2D eigenvalue weighted by molar-refractivity contribution is 7.89. The number of aromatic nitrogens is 2. The molecule has 0 saturated heterocycles. The van der Waals surface area contributed by atoms with E-state index in [9.17, 15) is 8.42 Å². The fraction of sp³-hybridized carbons (Fsp3) is 0.250. The summed E-state index contributed by atoms with van der Waals surface area (Å²) in [6.45, 7) is 1.01. The van der Waals surface area contributed by atoms with Gasteiger partial charge < -0.3 is 5.73 Å². The predicted molar refractivity (Wildman–Crippen MR) is 79.3 cm³/mol. The monoisotopic (exact) mass is 316 g/mol. The van der Waals surface area contributed by atoms with Crippen molar-refractivity contribution < 1.29 is 8.42 Å². The van der Waals surface area contributed by atoms with Gasteiger partial charge in [-0.05, 0) is 5.56 Å². The van der Waals surface area contributed by atoms with E-state index in [1.165, 1.54) is 12.4 Å². The number of nitrogens with zero attached hydrogens (tertiary/aromatic N) is 2. The van der Waals surface area contributed by atoms with Gasteiger partial charge >= 0.3 is 0 Å². The molecule has 0 aliphatic rings. The fourth-order valence-corrected chi connectivity index (χ4v) is 2.62. The third kappa shape index (κ3) is 4.31. The first-order chi connectivity index (χ1) is 9.12. The molecule has 0 saturated carbocycles. The molecule has 110 valence electrons. The number of rotatable bonds is 6. The molecular weight excluding hydrogens is 300 g/mol. The first kappa shape index (κ1) is 16.6. The summed E-state index contributed by atoms with van der Waals surface area (Å²) in [4.78, 5) is 0.150. The van der Waals surface area contributed by atoms with Crippen molar-refractivity contribution in [3.05, 3.63) is 48.3 Å². The van der Waals surface area contributed by atoms with Crippen LogP contribution in [0.5, 0.6) is 0 Å².